The van der Waals surface area contributed by atoms with Crippen LogP contribution in [0.3, 0.4) is 0 Å². The molecule has 0 heterocycles. The van der Waals surface area contributed by atoms with Crippen molar-refractivity contribution in [3.8, 4) is 11.1 Å². The summed E-state index contributed by atoms with van der Waals surface area (Å²) < 4.78 is 5.35. The first-order chi connectivity index (χ1) is 20.4. The molecule has 0 amide bonds. The number of allylic oxidation sites excluding steroid dienone is 4. The fourth-order valence-corrected chi connectivity index (χ4v) is 15.4. The maximum absolute atomic E-state index is 2.55. The van der Waals surface area contributed by atoms with Gasteiger partial charge in [-0.2, -0.15) is 0 Å². The monoisotopic (exact) mass is 696 g/mol. The van der Waals surface area contributed by atoms with Crippen LogP contribution >= 0.6 is 0 Å². The molecule has 6 rings (SSSR count). The third kappa shape index (κ3) is 7.39. The van der Waals surface area contributed by atoms with Crippen LogP contribution in [0.15, 0.2) is 106 Å². The van der Waals surface area contributed by atoms with E-state index in [0.717, 1.165) is 25.7 Å². The third-order valence-electron chi connectivity index (χ3n) is 9.67. The number of aryl methyl sites for hydroxylation is 2. The Bertz CT molecular complexity index is 1650. The Morgan fingerprint density at radius 2 is 1.36 bits per heavy atom. The molecule has 2 aliphatic carbocycles. The van der Waals surface area contributed by atoms with Crippen molar-refractivity contribution in [2.45, 2.75) is 66.7 Å². The first-order valence-corrected chi connectivity index (χ1v) is 19.5. The summed E-state index contributed by atoms with van der Waals surface area (Å²) in [7, 11) is 0. The SMILES string of the molecule is Cc1cc2c(cc1C)-c1ccc(CC(C)C(C)C)[c]([Zr+2]([C]3=CC=CC3)=[C](Cc3ccccc3)Cc3ccccc3)c1C2.[Cl-].[Cl-]. The minimum absolute atomic E-state index is 0. The summed E-state index contributed by atoms with van der Waals surface area (Å²) >= 11 is -2.55. The second-order valence-electron chi connectivity index (χ2n) is 12.9. The van der Waals surface area contributed by atoms with Crippen LogP contribution in [0, 0.1) is 25.7 Å². The zero-order valence-electron chi connectivity index (χ0n) is 26.8. The van der Waals surface area contributed by atoms with Crippen LogP contribution in [-0.2, 0) is 47.0 Å². The number of halogens is 2. The van der Waals surface area contributed by atoms with Crippen LogP contribution in [0.5, 0.6) is 0 Å². The van der Waals surface area contributed by atoms with Gasteiger partial charge in [-0.15, -0.1) is 0 Å². The standard InChI is InChI=1S/C21H25.C15H14.C5H5.2ClH.Zr/c1-13(2)14(3)8-17-6-7-20-19(11-17)12-18-9-15(4)16(5)10-21(18)20;1-3-8-14(9-4-1)12-7-13-15-10-5-2-6-11-15;1-2-4-5-3-1;;;/h6-7,9-10,13-14H,8,12H2,1-5H3;1-6,8-11H,12-13H2;1-3H,4H2;2*1H;/q;;;;;+2/p-2. The molecule has 1 atom stereocenters. The van der Waals surface area contributed by atoms with Crippen molar-refractivity contribution >= 4 is 6.48 Å². The summed E-state index contributed by atoms with van der Waals surface area (Å²) in [6.07, 6.45) is 12.8. The summed E-state index contributed by atoms with van der Waals surface area (Å²) in [6.45, 7) is 11.8. The van der Waals surface area contributed by atoms with Crippen LogP contribution in [0.25, 0.3) is 11.1 Å². The molecule has 1 unspecified atom stereocenters. The molecule has 226 valence electrons. The van der Waals surface area contributed by atoms with Gasteiger partial charge in [0.05, 0.1) is 0 Å². The van der Waals surface area contributed by atoms with E-state index in [1.165, 1.54) is 45.4 Å². The molecule has 0 saturated heterocycles. The second-order valence-corrected chi connectivity index (χ2v) is 19.3. The summed E-state index contributed by atoms with van der Waals surface area (Å²) in [5.74, 6) is 1.33. The van der Waals surface area contributed by atoms with E-state index in [-0.39, 0.29) is 24.8 Å². The maximum Gasteiger partial charge on any atom is -1.00 e. The van der Waals surface area contributed by atoms with Crippen molar-refractivity contribution in [2.24, 2.45) is 11.8 Å². The van der Waals surface area contributed by atoms with Gasteiger partial charge in [0.25, 0.3) is 0 Å². The predicted octanol–water partition coefficient (Wildman–Crippen LogP) is 3.46. The molecule has 0 aromatic heterocycles. The fraction of sp³-hybridized carbons (Fsp3) is 0.293. The molecule has 3 heteroatoms. The minimum Gasteiger partial charge on any atom is -1.00 e. The molecule has 0 bridgehead atoms. The molecule has 4 aromatic carbocycles. The Morgan fingerprint density at radius 3 is 1.93 bits per heavy atom. The van der Waals surface area contributed by atoms with Crippen LogP contribution in [0.1, 0.15) is 66.1 Å². The fourth-order valence-electron chi connectivity index (χ4n) is 6.78. The van der Waals surface area contributed by atoms with Gasteiger partial charge in [-0.05, 0) is 0 Å². The minimum atomic E-state index is -2.55. The Hall–Kier alpha value is -2.31. The van der Waals surface area contributed by atoms with Gasteiger partial charge in [0, 0.05) is 0 Å². The van der Waals surface area contributed by atoms with E-state index >= 15 is 0 Å². The van der Waals surface area contributed by atoms with Gasteiger partial charge in [-0.1, -0.05) is 0 Å². The molecular weight excluding hydrogens is 655 g/mol. The van der Waals surface area contributed by atoms with Crippen molar-refractivity contribution in [3.05, 3.63) is 145 Å². The van der Waals surface area contributed by atoms with Crippen LogP contribution < -0.4 is 28.1 Å². The van der Waals surface area contributed by atoms with E-state index < -0.39 is 21.3 Å². The largest absolute Gasteiger partial charge is 1.00 e. The summed E-state index contributed by atoms with van der Waals surface area (Å²) in [5.41, 5.74) is 13.5. The first kappa shape index (κ1) is 34.6. The van der Waals surface area contributed by atoms with Crippen LogP contribution in [0.2, 0.25) is 0 Å². The number of hydrogen-bond donors (Lipinski definition) is 0. The molecule has 0 N–H and O–H groups in total. The Morgan fingerprint density at radius 1 is 0.750 bits per heavy atom. The summed E-state index contributed by atoms with van der Waals surface area (Å²) in [4.78, 5) is 0. The molecule has 0 radical (unpaired) electrons. The van der Waals surface area contributed by atoms with Gasteiger partial charge >= 0.3 is 263 Å². The van der Waals surface area contributed by atoms with Crippen LogP contribution in [-0.4, -0.2) is 3.21 Å². The molecule has 0 spiro atoms. The van der Waals surface area contributed by atoms with E-state index in [9.17, 15) is 0 Å². The number of rotatable bonds is 9. The Labute approximate surface area is 285 Å². The molecule has 0 aliphatic heterocycles. The molecule has 0 fully saturated rings. The molecule has 4 aromatic rings. The molecular formula is C41H44Cl2Zr. The topological polar surface area (TPSA) is 0 Å². The van der Waals surface area contributed by atoms with Crippen molar-refractivity contribution in [2.75, 3.05) is 0 Å². The molecule has 0 nitrogen and oxygen atoms in total. The van der Waals surface area contributed by atoms with Crippen molar-refractivity contribution < 1.29 is 46.1 Å². The van der Waals surface area contributed by atoms with E-state index in [2.05, 4.69) is 138 Å². The van der Waals surface area contributed by atoms with E-state index in [4.69, 9.17) is 0 Å². The second kappa shape index (κ2) is 15.3. The van der Waals surface area contributed by atoms with Crippen LogP contribution in [0.4, 0.5) is 0 Å². The number of fused-ring (bicyclic) bond motifs is 3. The van der Waals surface area contributed by atoms with Gasteiger partial charge in [-0.25, -0.2) is 0 Å². The van der Waals surface area contributed by atoms with Crippen molar-refractivity contribution in [1.29, 1.82) is 0 Å². The van der Waals surface area contributed by atoms with Gasteiger partial charge in [0.1, 0.15) is 0 Å². The zero-order valence-corrected chi connectivity index (χ0v) is 30.7. The Balaban J connectivity index is 0.00000221. The van der Waals surface area contributed by atoms with E-state index in [1.807, 2.05) is 0 Å². The van der Waals surface area contributed by atoms with E-state index in [0.29, 0.717) is 11.8 Å². The predicted molar refractivity (Wildman–Crippen MR) is 179 cm³/mol. The van der Waals surface area contributed by atoms with Crippen molar-refractivity contribution in [1.82, 2.24) is 0 Å². The van der Waals surface area contributed by atoms with E-state index in [1.54, 1.807) is 20.9 Å². The van der Waals surface area contributed by atoms with Gasteiger partial charge in [-0.3, -0.25) is 0 Å². The number of benzene rings is 4. The molecule has 2 aliphatic rings. The summed E-state index contributed by atoms with van der Waals surface area (Å²) in [6, 6.07) is 32.5. The Kier molecular flexibility index (Phi) is 12.0. The molecule has 0 saturated carbocycles. The quantitative estimate of drug-likeness (QED) is 0.222. The third-order valence-corrected chi connectivity index (χ3v) is 17.5. The maximum atomic E-state index is 2.55. The van der Waals surface area contributed by atoms with Crippen molar-refractivity contribution in [3.63, 3.8) is 0 Å². The summed E-state index contributed by atoms with van der Waals surface area (Å²) in [5, 5.41) is 0. The first-order valence-electron chi connectivity index (χ1n) is 15.8. The average Bonchev–Trinajstić information content (AvgIpc) is 3.64. The average molecular weight is 699 g/mol. The zero-order chi connectivity index (χ0) is 29.2. The van der Waals surface area contributed by atoms with Gasteiger partial charge < -0.3 is 24.8 Å². The van der Waals surface area contributed by atoms with Gasteiger partial charge in [0.2, 0.25) is 0 Å². The smallest absolute Gasteiger partial charge is 1.00 e. The normalized spacial score (nSPS) is 13.2. The molecule has 44 heavy (non-hydrogen) atoms. The number of hydrogen-bond acceptors (Lipinski definition) is 0. The van der Waals surface area contributed by atoms with Gasteiger partial charge in [0.15, 0.2) is 0 Å².